The Morgan fingerprint density at radius 1 is 1.69 bits per heavy atom. The molecule has 3 heteroatoms. The topological polar surface area (TPSA) is 20.3 Å². The molecule has 0 fully saturated rings. The van der Waals surface area contributed by atoms with Crippen LogP contribution < -0.4 is 0 Å². The smallest absolute Gasteiger partial charge is 0.245 e. The lowest BCUT2D eigenvalue weighted by atomic mass is 10.2. The van der Waals surface area contributed by atoms with Crippen molar-refractivity contribution in [2.24, 2.45) is 0 Å². The van der Waals surface area contributed by atoms with Crippen molar-refractivity contribution in [3.05, 3.63) is 12.7 Å². The molecule has 0 radical (unpaired) electrons. The van der Waals surface area contributed by atoms with Crippen LogP contribution in [0.5, 0.6) is 0 Å². The molecule has 0 bridgehead atoms. The number of rotatable bonds is 6. The van der Waals surface area contributed by atoms with Crippen molar-refractivity contribution in [1.82, 2.24) is 4.90 Å². The molecule has 0 saturated carbocycles. The van der Waals surface area contributed by atoms with Crippen LogP contribution in [-0.2, 0) is 4.79 Å². The molecule has 1 amide bonds. The molecule has 76 valence electrons. The van der Waals surface area contributed by atoms with E-state index in [9.17, 15) is 4.79 Å². The van der Waals surface area contributed by atoms with Crippen molar-refractivity contribution in [3.8, 4) is 0 Å². The van der Waals surface area contributed by atoms with Gasteiger partial charge in [0.05, 0.1) is 0 Å². The highest BCUT2D eigenvalue weighted by molar-refractivity contribution is 7.81. The molecule has 0 aliphatic carbocycles. The fraction of sp³-hybridized carbons (Fsp3) is 0.700. The maximum atomic E-state index is 11.1. The highest BCUT2D eigenvalue weighted by Gasteiger charge is 2.09. The van der Waals surface area contributed by atoms with Gasteiger partial charge in [-0.2, -0.15) is 12.6 Å². The molecule has 0 aliphatic rings. The largest absolute Gasteiger partial charge is 0.341 e. The summed E-state index contributed by atoms with van der Waals surface area (Å²) in [6, 6.07) is 0. The predicted molar refractivity (Wildman–Crippen MR) is 60.1 cm³/mol. The van der Waals surface area contributed by atoms with Gasteiger partial charge in [0.2, 0.25) is 5.91 Å². The third kappa shape index (κ3) is 5.75. The Morgan fingerprint density at radius 3 is 2.77 bits per heavy atom. The van der Waals surface area contributed by atoms with Crippen LogP contribution >= 0.6 is 12.6 Å². The maximum absolute atomic E-state index is 11.1. The minimum Gasteiger partial charge on any atom is -0.341 e. The lowest BCUT2D eigenvalue weighted by molar-refractivity contribution is -0.124. The van der Waals surface area contributed by atoms with Crippen LogP contribution in [-0.4, -0.2) is 29.6 Å². The molecular weight excluding hydrogens is 182 g/mol. The SMILES string of the molecule is C=CC(=O)N(C)CC(S)CCCC. The first-order valence-electron chi connectivity index (χ1n) is 4.67. The minimum absolute atomic E-state index is 0.0319. The summed E-state index contributed by atoms with van der Waals surface area (Å²) in [7, 11) is 1.78. The zero-order valence-electron chi connectivity index (χ0n) is 8.49. The quantitative estimate of drug-likeness (QED) is 0.515. The molecule has 1 atom stereocenters. The molecule has 0 aromatic heterocycles. The number of hydrogen-bond acceptors (Lipinski definition) is 2. The highest BCUT2D eigenvalue weighted by Crippen LogP contribution is 2.08. The van der Waals surface area contributed by atoms with Crippen LogP contribution in [0.2, 0.25) is 0 Å². The van der Waals surface area contributed by atoms with Gasteiger partial charge in [-0.1, -0.05) is 26.3 Å². The summed E-state index contributed by atoms with van der Waals surface area (Å²) < 4.78 is 0. The molecule has 0 saturated heterocycles. The van der Waals surface area contributed by atoms with E-state index in [2.05, 4.69) is 26.1 Å². The first-order valence-corrected chi connectivity index (χ1v) is 5.19. The standard InChI is InChI=1S/C10H19NOS/c1-4-6-7-9(13)8-11(3)10(12)5-2/h5,9,13H,2,4,6-8H2,1,3H3. The van der Waals surface area contributed by atoms with E-state index in [-0.39, 0.29) is 11.2 Å². The summed E-state index contributed by atoms with van der Waals surface area (Å²) in [6.07, 6.45) is 4.75. The van der Waals surface area contributed by atoms with Crippen LogP contribution in [0.25, 0.3) is 0 Å². The predicted octanol–water partition coefficient (Wildman–Crippen LogP) is 2.12. The average molecular weight is 201 g/mol. The second kappa shape index (κ2) is 7.01. The molecule has 0 spiro atoms. The summed E-state index contributed by atoms with van der Waals surface area (Å²) in [5.41, 5.74) is 0. The van der Waals surface area contributed by atoms with Gasteiger partial charge < -0.3 is 4.90 Å². The molecule has 0 rings (SSSR count). The van der Waals surface area contributed by atoms with Crippen molar-refractivity contribution in [3.63, 3.8) is 0 Å². The molecule has 1 unspecified atom stereocenters. The van der Waals surface area contributed by atoms with E-state index in [1.54, 1.807) is 11.9 Å². The van der Waals surface area contributed by atoms with Gasteiger partial charge in [-0.25, -0.2) is 0 Å². The average Bonchev–Trinajstić information content (AvgIpc) is 2.13. The molecule has 0 heterocycles. The molecule has 13 heavy (non-hydrogen) atoms. The van der Waals surface area contributed by atoms with E-state index in [1.165, 1.54) is 18.9 Å². The second-order valence-corrected chi connectivity index (χ2v) is 3.95. The summed E-state index contributed by atoms with van der Waals surface area (Å²) in [6.45, 7) is 6.29. The zero-order valence-corrected chi connectivity index (χ0v) is 9.39. The van der Waals surface area contributed by atoms with Crippen LogP contribution in [0.3, 0.4) is 0 Å². The van der Waals surface area contributed by atoms with Crippen LogP contribution in [0.1, 0.15) is 26.2 Å². The number of likely N-dealkylation sites (N-methyl/N-ethyl adjacent to an activating group) is 1. The number of unbranched alkanes of at least 4 members (excludes halogenated alkanes) is 1. The van der Waals surface area contributed by atoms with E-state index in [0.717, 1.165) is 6.42 Å². The number of thiol groups is 1. The molecule has 0 aliphatic heterocycles. The Labute approximate surface area is 86.4 Å². The van der Waals surface area contributed by atoms with Gasteiger partial charge in [-0.15, -0.1) is 0 Å². The van der Waals surface area contributed by atoms with E-state index < -0.39 is 0 Å². The first-order chi connectivity index (χ1) is 6.11. The van der Waals surface area contributed by atoms with Gasteiger partial charge in [0.25, 0.3) is 0 Å². The number of amides is 1. The van der Waals surface area contributed by atoms with Crippen LogP contribution in [0.15, 0.2) is 12.7 Å². The monoisotopic (exact) mass is 201 g/mol. The first kappa shape index (κ1) is 12.6. The fourth-order valence-electron chi connectivity index (χ4n) is 1.09. The normalized spacial score (nSPS) is 12.2. The third-order valence-electron chi connectivity index (χ3n) is 1.93. The Morgan fingerprint density at radius 2 is 2.31 bits per heavy atom. The molecule has 0 aromatic rings. The summed E-state index contributed by atoms with van der Waals surface area (Å²) >= 11 is 4.41. The molecule has 0 aromatic carbocycles. The molecule has 0 N–H and O–H groups in total. The summed E-state index contributed by atoms with van der Waals surface area (Å²) in [5, 5.41) is 0.286. The maximum Gasteiger partial charge on any atom is 0.245 e. The Bertz CT molecular complexity index is 170. The lowest BCUT2D eigenvalue weighted by Crippen LogP contribution is -2.30. The van der Waals surface area contributed by atoms with Crippen molar-refractivity contribution >= 4 is 18.5 Å². The Hall–Kier alpha value is -0.440. The summed E-state index contributed by atoms with van der Waals surface area (Å²) in [5.74, 6) is -0.0319. The van der Waals surface area contributed by atoms with Gasteiger partial charge in [-0.05, 0) is 12.5 Å². The summed E-state index contributed by atoms with van der Waals surface area (Å²) in [4.78, 5) is 12.7. The van der Waals surface area contributed by atoms with E-state index >= 15 is 0 Å². The van der Waals surface area contributed by atoms with Gasteiger partial charge in [0, 0.05) is 18.8 Å². The second-order valence-electron chi connectivity index (χ2n) is 3.22. The van der Waals surface area contributed by atoms with Crippen molar-refractivity contribution < 1.29 is 4.79 Å². The highest BCUT2D eigenvalue weighted by atomic mass is 32.1. The number of nitrogens with zero attached hydrogens (tertiary/aromatic N) is 1. The van der Waals surface area contributed by atoms with Crippen molar-refractivity contribution in [1.29, 1.82) is 0 Å². The fourth-order valence-corrected chi connectivity index (χ4v) is 1.52. The molecule has 2 nitrogen and oxygen atoms in total. The van der Waals surface area contributed by atoms with E-state index in [4.69, 9.17) is 0 Å². The Balaban J connectivity index is 3.70. The van der Waals surface area contributed by atoms with Gasteiger partial charge in [0.15, 0.2) is 0 Å². The van der Waals surface area contributed by atoms with Crippen molar-refractivity contribution in [2.75, 3.05) is 13.6 Å². The van der Waals surface area contributed by atoms with Gasteiger partial charge >= 0.3 is 0 Å². The zero-order chi connectivity index (χ0) is 10.3. The number of hydrogen-bond donors (Lipinski definition) is 1. The van der Waals surface area contributed by atoms with Gasteiger partial charge in [-0.3, -0.25) is 4.79 Å². The number of carbonyl (C=O) groups is 1. The molecular formula is C10H19NOS. The van der Waals surface area contributed by atoms with Crippen molar-refractivity contribution in [2.45, 2.75) is 31.4 Å². The van der Waals surface area contributed by atoms with E-state index in [0.29, 0.717) is 6.54 Å². The number of carbonyl (C=O) groups excluding carboxylic acids is 1. The lowest BCUT2D eigenvalue weighted by Gasteiger charge is -2.19. The van der Waals surface area contributed by atoms with E-state index in [1.807, 2.05) is 0 Å². The minimum atomic E-state index is -0.0319. The van der Waals surface area contributed by atoms with Crippen LogP contribution in [0.4, 0.5) is 0 Å². The van der Waals surface area contributed by atoms with Gasteiger partial charge in [0.1, 0.15) is 0 Å². The third-order valence-corrected chi connectivity index (χ3v) is 2.35. The van der Waals surface area contributed by atoms with Crippen LogP contribution in [0, 0.1) is 0 Å². The Kier molecular flexibility index (Phi) is 6.77.